The molecule has 0 bridgehead atoms. The van der Waals surface area contributed by atoms with Crippen LogP contribution in [0.2, 0.25) is 11.6 Å². The molecule has 12 heavy (non-hydrogen) atoms. The lowest BCUT2D eigenvalue weighted by Gasteiger charge is -2.23. The van der Waals surface area contributed by atoms with E-state index in [-0.39, 0.29) is 0 Å². The van der Waals surface area contributed by atoms with Crippen molar-refractivity contribution in [3.8, 4) is 0 Å². The van der Waals surface area contributed by atoms with E-state index in [4.69, 9.17) is 0 Å². The summed E-state index contributed by atoms with van der Waals surface area (Å²) in [6, 6.07) is 0. The van der Waals surface area contributed by atoms with E-state index in [1.54, 1.807) is 0 Å². The highest BCUT2D eigenvalue weighted by molar-refractivity contribution is 6.39. The van der Waals surface area contributed by atoms with Crippen LogP contribution in [0.15, 0.2) is 0 Å². The Morgan fingerprint density at radius 2 is 1.75 bits per heavy atom. The van der Waals surface area contributed by atoms with Crippen LogP contribution in [-0.4, -0.2) is 7.28 Å². The predicted molar refractivity (Wildman–Crippen MR) is 56.8 cm³/mol. The zero-order valence-electron chi connectivity index (χ0n) is 9.01. The average molecular weight is 165 g/mol. The van der Waals surface area contributed by atoms with Crippen molar-refractivity contribution in [3.05, 3.63) is 0 Å². The number of hydrogen-bond acceptors (Lipinski definition) is 0. The van der Waals surface area contributed by atoms with Gasteiger partial charge in [0.15, 0.2) is 0 Å². The van der Waals surface area contributed by atoms with Gasteiger partial charge in [-0.3, -0.25) is 0 Å². The molecule has 1 aliphatic rings. The van der Waals surface area contributed by atoms with Gasteiger partial charge < -0.3 is 0 Å². The van der Waals surface area contributed by atoms with Crippen LogP contribution in [0.5, 0.6) is 0 Å². The van der Waals surface area contributed by atoms with E-state index in [0.717, 1.165) is 23.5 Å². The predicted octanol–water partition coefficient (Wildman–Crippen LogP) is 3.76. The van der Waals surface area contributed by atoms with Gasteiger partial charge in [0, 0.05) is 0 Å². The molecule has 1 saturated carbocycles. The van der Waals surface area contributed by atoms with Crippen molar-refractivity contribution in [2.24, 2.45) is 11.8 Å². The first-order valence-corrected chi connectivity index (χ1v) is 5.46. The molecule has 2 unspecified atom stereocenters. The van der Waals surface area contributed by atoms with E-state index in [1.165, 1.54) is 19.3 Å². The molecule has 1 rings (SSSR count). The molecular formula is C11H22B. The second kappa shape index (κ2) is 4.34. The van der Waals surface area contributed by atoms with Gasteiger partial charge in [0.2, 0.25) is 0 Å². The number of hydrogen-bond donors (Lipinski definition) is 0. The van der Waals surface area contributed by atoms with Crippen LogP contribution in [0.4, 0.5) is 0 Å². The van der Waals surface area contributed by atoms with Crippen LogP contribution < -0.4 is 0 Å². The Morgan fingerprint density at radius 3 is 2.25 bits per heavy atom. The molecule has 1 radical (unpaired) electrons. The van der Waals surface area contributed by atoms with Gasteiger partial charge in [-0.25, -0.2) is 0 Å². The lowest BCUT2D eigenvalue weighted by molar-refractivity contribution is 0.393. The van der Waals surface area contributed by atoms with Gasteiger partial charge >= 0.3 is 0 Å². The van der Waals surface area contributed by atoms with E-state index in [2.05, 4.69) is 35.0 Å². The smallest absolute Gasteiger partial charge is 0.0741 e. The minimum atomic E-state index is 0.773. The lowest BCUT2D eigenvalue weighted by Crippen LogP contribution is -2.16. The van der Waals surface area contributed by atoms with Crippen molar-refractivity contribution in [1.29, 1.82) is 0 Å². The highest BCUT2D eigenvalue weighted by atomic mass is 14.3. The fourth-order valence-corrected chi connectivity index (χ4v) is 2.58. The summed E-state index contributed by atoms with van der Waals surface area (Å²) in [7, 11) is 2.57. The maximum Gasteiger partial charge on any atom is 0.117 e. The minimum Gasteiger partial charge on any atom is -0.0741 e. The molecule has 0 amide bonds. The highest BCUT2D eigenvalue weighted by Crippen LogP contribution is 2.41. The molecule has 0 aromatic rings. The lowest BCUT2D eigenvalue weighted by atomic mass is 9.52. The van der Waals surface area contributed by atoms with Crippen LogP contribution in [0.3, 0.4) is 0 Å². The molecule has 0 aromatic heterocycles. The summed E-state index contributed by atoms with van der Waals surface area (Å²) < 4.78 is 0. The Morgan fingerprint density at radius 1 is 1.08 bits per heavy atom. The maximum absolute atomic E-state index is 2.57. The zero-order valence-corrected chi connectivity index (χ0v) is 9.01. The standard InChI is InChI=1S/C11H22B/c1-8(2)10-6-5-7-11(10)12-9(3)4/h8-11H,5-7H2,1-4H3. The summed E-state index contributed by atoms with van der Waals surface area (Å²) in [5, 5.41) is 0. The molecule has 2 atom stereocenters. The monoisotopic (exact) mass is 165 g/mol. The summed E-state index contributed by atoms with van der Waals surface area (Å²) in [4.78, 5) is 0. The van der Waals surface area contributed by atoms with Crippen molar-refractivity contribution < 1.29 is 0 Å². The molecule has 0 spiro atoms. The van der Waals surface area contributed by atoms with Gasteiger partial charge in [-0.05, 0) is 11.8 Å². The van der Waals surface area contributed by atoms with Crippen LogP contribution >= 0.6 is 0 Å². The first kappa shape index (κ1) is 10.1. The first-order valence-electron chi connectivity index (χ1n) is 5.46. The Labute approximate surface area is 78.4 Å². The normalized spacial score (nSPS) is 30.2. The van der Waals surface area contributed by atoms with E-state index < -0.39 is 0 Å². The maximum atomic E-state index is 2.57. The molecule has 69 valence electrons. The van der Waals surface area contributed by atoms with Crippen LogP contribution in [0.1, 0.15) is 47.0 Å². The Hall–Kier alpha value is 0.0649. The van der Waals surface area contributed by atoms with E-state index in [0.29, 0.717) is 0 Å². The van der Waals surface area contributed by atoms with Gasteiger partial charge in [0.05, 0.1) is 0 Å². The summed E-state index contributed by atoms with van der Waals surface area (Å²) in [6.45, 7) is 9.35. The Kier molecular flexibility index (Phi) is 3.67. The van der Waals surface area contributed by atoms with Crippen molar-refractivity contribution >= 4 is 7.28 Å². The molecular weight excluding hydrogens is 143 g/mol. The van der Waals surface area contributed by atoms with E-state index in [9.17, 15) is 0 Å². The van der Waals surface area contributed by atoms with Crippen molar-refractivity contribution in [2.45, 2.75) is 58.6 Å². The molecule has 0 aromatic carbocycles. The Balaban J connectivity index is 2.41. The third-order valence-electron chi connectivity index (χ3n) is 3.11. The molecule has 0 nitrogen and oxygen atoms in total. The van der Waals surface area contributed by atoms with Crippen molar-refractivity contribution in [2.75, 3.05) is 0 Å². The molecule has 0 N–H and O–H groups in total. The molecule has 0 aliphatic heterocycles. The second-order valence-corrected chi connectivity index (χ2v) is 4.94. The summed E-state index contributed by atoms with van der Waals surface area (Å²) >= 11 is 0. The van der Waals surface area contributed by atoms with Crippen LogP contribution in [-0.2, 0) is 0 Å². The van der Waals surface area contributed by atoms with E-state index >= 15 is 0 Å². The quantitative estimate of drug-likeness (QED) is 0.558. The molecule has 1 heteroatoms. The molecule has 1 fully saturated rings. The van der Waals surface area contributed by atoms with Gasteiger partial charge in [0.1, 0.15) is 7.28 Å². The third-order valence-corrected chi connectivity index (χ3v) is 3.11. The van der Waals surface area contributed by atoms with Crippen LogP contribution in [0.25, 0.3) is 0 Å². The topological polar surface area (TPSA) is 0 Å². The Bertz CT molecular complexity index is 129. The van der Waals surface area contributed by atoms with Gasteiger partial charge in [-0.1, -0.05) is 58.6 Å². The average Bonchev–Trinajstić information content (AvgIpc) is 2.33. The van der Waals surface area contributed by atoms with E-state index in [1.807, 2.05) is 0 Å². The summed E-state index contributed by atoms with van der Waals surface area (Å²) in [5.74, 6) is 3.55. The second-order valence-electron chi connectivity index (χ2n) is 4.94. The fourth-order valence-electron chi connectivity index (χ4n) is 2.58. The molecule has 0 saturated heterocycles. The summed E-state index contributed by atoms with van der Waals surface area (Å²) in [6.07, 6.45) is 4.36. The number of rotatable bonds is 3. The van der Waals surface area contributed by atoms with Crippen molar-refractivity contribution in [3.63, 3.8) is 0 Å². The largest absolute Gasteiger partial charge is 0.117 e. The summed E-state index contributed by atoms with van der Waals surface area (Å²) in [5.41, 5.74) is 0. The third kappa shape index (κ3) is 2.53. The SMILES string of the molecule is CC(C)[B]C1CCCC1C(C)C. The fraction of sp³-hybridized carbons (Fsp3) is 1.00. The highest BCUT2D eigenvalue weighted by Gasteiger charge is 2.29. The minimum absolute atomic E-state index is 0.773. The van der Waals surface area contributed by atoms with Crippen molar-refractivity contribution in [1.82, 2.24) is 0 Å². The van der Waals surface area contributed by atoms with Gasteiger partial charge in [-0.2, -0.15) is 0 Å². The zero-order chi connectivity index (χ0) is 9.14. The van der Waals surface area contributed by atoms with Gasteiger partial charge in [-0.15, -0.1) is 0 Å². The molecule has 0 heterocycles. The first-order chi connectivity index (χ1) is 5.61. The van der Waals surface area contributed by atoms with Crippen LogP contribution in [0, 0.1) is 11.8 Å². The van der Waals surface area contributed by atoms with Gasteiger partial charge in [0.25, 0.3) is 0 Å². The molecule has 1 aliphatic carbocycles.